The van der Waals surface area contributed by atoms with E-state index in [1.807, 2.05) is 6.92 Å². The number of H-pyrrole nitrogens is 1. The summed E-state index contributed by atoms with van der Waals surface area (Å²) in [6, 6.07) is 1.47. The lowest BCUT2D eigenvalue weighted by Gasteiger charge is -2.33. The van der Waals surface area contributed by atoms with Crippen LogP contribution in [0.25, 0.3) is 10.9 Å². The van der Waals surface area contributed by atoms with Gasteiger partial charge in [0.15, 0.2) is 5.75 Å². The molecule has 0 spiro atoms. The third kappa shape index (κ3) is 2.86. The lowest BCUT2D eigenvalue weighted by Crippen LogP contribution is -2.39. The van der Waals surface area contributed by atoms with Crippen molar-refractivity contribution in [2.75, 3.05) is 20.8 Å². The second kappa shape index (κ2) is 7.14. The molecule has 0 unspecified atom stereocenters. The van der Waals surface area contributed by atoms with Crippen LogP contribution >= 0.6 is 23.2 Å². The van der Waals surface area contributed by atoms with Gasteiger partial charge >= 0.3 is 0 Å². The molecule has 1 aliphatic heterocycles. The van der Waals surface area contributed by atoms with Crippen molar-refractivity contribution < 1.29 is 14.3 Å². The van der Waals surface area contributed by atoms with Crippen LogP contribution < -0.4 is 9.47 Å². The van der Waals surface area contributed by atoms with Crippen molar-refractivity contribution in [1.29, 1.82) is 0 Å². The molecule has 0 saturated heterocycles. The number of ether oxygens (including phenoxy) is 2. The van der Waals surface area contributed by atoms with Gasteiger partial charge < -0.3 is 19.4 Å². The molecule has 1 amide bonds. The smallest absolute Gasteiger partial charge is 0.292 e. The Morgan fingerprint density at radius 3 is 2.61 bits per heavy atom. The fourth-order valence-corrected chi connectivity index (χ4v) is 4.09. The van der Waals surface area contributed by atoms with E-state index in [-0.39, 0.29) is 17.8 Å². The van der Waals surface area contributed by atoms with Crippen molar-refractivity contribution in [2.45, 2.75) is 19.4 Å². The van der Waals surface area contributed by atoms with Crippen LogP contribution in [0.15, 0.2) is 18.5 Å². The number of nitrogens with one attached hydrogen (secondary N) is 1. The molecule has 28 heavy (non-hydrogen) atoms. The normalized spacial score (nSPS) is 16.2. The zero-order valence-electron chi connectivity index (χ0n) is 15.5. The number of hydrogen-bond acceptors (Lipinski definition) is 5. The van der Waals surface area contributed by atoms with E-state index in [1.165, 1.54) is 19.5 Å². The standard InChI is InChI=1S/C19H18Cl2N4O3/c1-9-14-12(24-17-15(14)13(28-3)6-11(20)16(17)21)4-5-25(9)19(26)18-22-7-10(27-2)8-23-18/h6-9,24H,4-5H2,1-3H3/t9-/m0/s1. The van der Waals surface area contributed by atoms with E-state index < -0.39 is 0 Å². The zero-order valence-corrected chi connectivity index (χ0v) is 17.1. The summed E-state index contributed by atoms with van der Waals surface area (Å²) in [5, 5.41) is 1.69. The predicted octanol–water partition coefficient (Wildman–Crippen LogP) is 4.04. The molecule has 2 aromatic heterocycles. The van der Waals surface area contributed by atoms with Gasteiger partial charge in [0.2, 0.25) is 5.82 Å². The van der Waals surface area contributed by atoms with E-state index in [1.54, 1.807) is 18.1 Å². The van der Waals surface area contributed by atoms with Crippen molar-refractivity contribution in [2.24, 2.45) is 0 Å². The molecule has 146 valence electrons. The first-order valence-electron chi connectivity index (χ1n) is 8.69. The van der Waals surface area contributed by atoms with Crippen LogP contribution in [0.1, 0.15) is 34.8 Å². The minimum absolute atomic E-state index is 0.129. The van der Waals surface area contributed by atoms with Crippen LogP contribution in [0.2, 0.25) is 10.0 Å². The molecule has 4 rings (SSSR count). The number of aromatic amines is 1. The van der Waals surface area contributed by atoms with Crippen molar-refractivity contribution >= 4 is 40.0 Å². The number of carbonyl (C=O) groups is 1. The van der Waals surface area contributed by atoms with Crippen LogP contribution in [0.3, 0.4) is 0 Å². The third-order valence-electron chi connectivity index (χ3n) is 5.08. The molecule has 7 nitrogen and oxygen atoms in total. The quantitative estimate of drug-likeness (QED) is 0.691. The molecule has 0 bridgehead atoms. The predicted molar refractivity (Wildman–Crippen MR) is 107 cm³/mol. The number of carbonyl (C=O) groups excluding carboxylic acids is 1. The minimum Gasteiger partial charge on any atom is -0.496 e. The van der Waals surface area contributed by atoms with Crippen LogP contribution in [0.4, 0.5) is 0 Å². The summed E-state index contributed by atoms with van der Waals surface area (Å²) in [7, 11) is 3.11. The number of fused-ring (bicyclic) bond motifs is 3. The number of amides is 1. The monoisotopic (exact) mass is 420 g/mol. The van der Waals surface area contributed by atoms with Gasteiger partial charge in [0.05, 0.1) is 48.2 Å². The zero-order chi connectivity index (χ0) is 20.0. The molecule has 9 heteroatoms. The second-order valence-corrected chi connectivity index (χ2v) is 7.30. The summed E-state index contributed by atoms with van der Waals surface area (Å²) in [5.41, 5.74) is 2.71. The third-order valence-corrected chi connectivity index (χ3v) is 5.87. The van der Waals surface area contributed by atoms with Gasteiger partial charge in [-0.15, -0.1) is 0 Å². The Kier molecular flexibility index (Phi) is 4.81. The number of hydrogen-bond donors (Lipinski definition) is 1. The molecule has 0 saturated carbocycles. The van der Waals surface area contributed by atoms with E-state index in [4.69, 9.17) is 32.7 Å². The number of aromatic nitrogens is 3. The first kappa shape index (κ1) is 18.8. The molecule has 3 aromatic rings. The molecule has 0 fully saturated rings. The second-order valence-electron chi connectivity index (χ2n) is 6.51. The Balaban J connectivity index is 1.78. The molecule has 1 atom stereocenters. The summed E-state index contributed by atoms with van der Waals surface area (Å²) in [6.07, 6.45) is 3.61. The number of methoxy groups -OCH3 is 2. The highest BCUT2D eigenvalue weighted by Gasteiger charge is 2.34. The number of benzene rings is 1. The van der Waals surface area contributed by atoms with Gasteiger partial charge in [0.25, 0.3) is 5.91 Å². The molecule has 0 radical (unpaired) electrons. The van der Waals surface area contributed by atoms with E-state index in [0.717, 1.165) is 22.2 Å². The lowest BCUT2D eigenvalue weighted by molar-refractivity contribution is 0.0665. The largest absolute Gasteiger partial charge is 0.496 e. The van der Waals surface area contributed by atoms with Gasteiger partial charge in [-0.25, -0.2) is 9.97 Å². The van der Waals surface area contributed by atoms with E-state index in [2.05, 4.69) is 15.0 Å². The van der Waals surface area contributed by atoms with Crippen molar-refractivity contribution in [3.8, 4) is 11.5 Å². The van der Waals surface area contributed by atoms with E-state index in [0.29, 0.717) is 34.5 Å². The van der Waals surface area contributed by atoms with Crippen molar-refractivity contribution in [3.05, 3.63) is 45.6 Å². The Morgan fingerprint density at radius 1 is 1.25 bits per heavy atom. The SMILES string of the molecule is COc1cnc(C(=O)N2CCc3[nH]c4c(Cl)c(Cl)cc(OC)c4c3[C@@H]2C)nc1. The van der Waals surface area contributed by atoms with Crippen LogP contribution in [0, 0.1) is 0 Å². The first-order valence-corrected chi connectivity index (χ1v) is 9.45. The molecule has 1 N–H and O–H groups in total. The highest BCUT2D eigenvalue weighted by Crippen LogP contribution is 2.44. The molecular weight excluding hydrogens is 403 g/mol. The van der Waals surface area contributed by atoms with Gasteiger partial charge in [-0.2, -0.15) is 0 Å². The van der Waals surface area contributed by atoms with Crippen LogP contribution in [-0.4, -0.2) is 46.5 Å². The molecule has 3 heterocycles. The Bertz CT molecular complexity index is 1070. The van der Waals surface area contributed by atoms with Gasteiger partial charge in [-0.3, -0.25) is 4.79 Å². The fraction of sp³-hybridized carbons (Fsp3) is 0.316. The number of rotatable bonds is 3. The van der Waals surface area contributed by atoms with Crippen molar-refractivity contribution in [3.63, 3.8) is 0 Å². The summed E-state index contributed by atoms with van der Waals surface area (Å²) < 4.78 is 10.6. The van der Waals surface area contributed by atoms with Gasteiger partial charge in [0.1, 0.15) is 5.75 Å². The number of halogens is 2. The summed E-state index contributed by atoms with van der Waals surface area (Å²) in [5.74, 6) is 1.00. The topological polar surface area (TPSA) is 80.3 Å². The number of nitrogens with zero attached hydrogens (tertiary/aromatic N) is 3. The minimum atomic E-state index is -0.241. The summed E-state index contributed by atoms with van der Waals surface area (Å²) >= 11 is 12.6. The molecular formula is C19H18Cl2N4O3. The van der Waals surface area contributed by atoms with Crippen LogP contribution in [0.5, 0.6) is 11.5 Å². The van der Waals surface area contributed by atoms with Gasteiger partial charge in [-0.1, -0.05) is 23.2 Å². The summed E-state index contributed by atoms with van der Waals surface area (Å²) in [4.78, 5) is 26.4. The highest BCUT2D eigenvalue weighted by atomic mass is 35.5. The summed E-state index contributed by atoms with van der Waals surface area (Å²) in [6.45, 7) is 2.50. The average molecular weight is 421 g/mol. The van der Waals surface area contributed by atoms with E-state index >= 15 is 0 Å². The van der Waals surface area contributed by atoms with Crippen LogP contribution in [-0.2, 0) is 6.42 Å². The fourth-order valence-electron chi connectivity index (χ4n) is 3.70. The van der Waals surface area contributed by atoms with E-state index in [9.17, 15) is 4.79 Å². The Labute approximate surface area is 171 Å². The van der Waals surface area contributed by atoms with Gasteiger partial charge in [-0.05, 0) is 6.92 Å². The maximum absolute atomic E-state index is 13.0. The highest BCUT2D eigenvalue weighted by molar-refractivity contribution is 6.45. The molecule has 1 aromatic carbocycles. The Morgan fingerprint density at radius 2 is 1.96 bits per heavy atom. The lowest BCUT2D eigenvalue weighted by atomic mass is 9.96. The molecule has 0 aliphatic carbocycles. The Hall–Kier alpha value is -2.51. The average Bonchev–Trinajstić information content (AvgIpc) is 3.11. The maximum atomic E-state index is 13.0. The first-order chi connectivity index (χ1) is 13.5. The maximum Gasteiger partial charge on any atom is 0.292 e. The van der Waals surface area contributed by atoms with Crippen molar-refractivity contribution in [1.82, 2.24) is 19.9 Å². The molecule has 1 aliphatic rings. The van der Waals surface area contributed by atoms with Gasteiger partial charge in [0, 0.05) is 35.7 Å².